The van der Waals surface area contributed by atoms with E-state index in [-0.39, 0.29) is 12.2 Å². The van der Waals surface area contributed by atoms with Gasteiger partial charge in [0.2, 0.25) is 23.6 Å². The zero-order chi connectivity index (χ0) is 22.7. The van der Waals surface area contributed by atoms with Crippen molar-refractivity contribution >= 4 is 42.2 Å². The first-order valence-corrected chi connectivity index (χ1v) is 9.56. The molecule has 0 radical (unpaired) electrons. The molecule has 0 saturated heterocycles. The SMILES string of the molecule is NC(=O)CC(N)C(=O)NC(Cc1ccccc1)C(=O)NCC(=O)NC(CS)C(=O)O. The number of hydrogen-bond donors (Lipinski definition) is 7. The number of carbonyl (C=O) groups is 5. The number of benzene rings is 1. The molecule has 0 aliphatic heterocycles. The normalized spacial score (nSPS) is 13.4. The van der Waals surface area contributed by atoms with Crippen molar-refractivity contribution in [2.24, 2.45) is 11.5 Å². The van der Waals surface area contributed by atoms with Crippen LogP contribution in [0, 0.1) is 0 Å². The third-order valence-electron chi connectivity index (χ3n) is 3.91. The van der Waals surface area contributed by atoms with Crippen LogP contribution in [0.3, 0.4) is 0 Å². The van der Waals surface area contributed by atoms with Crippen molar-refractivity contribution in [2.45, 2.75) is 31.0 Å². The number of carbonyl (C=O) groups excluding carboxylic acids is 4. The van der Waals surface area contributed by atoms with Gasteiger partial charge < -0.3 is 32.5 Å². The number of thiol groups is 1. The van der Waals surface area contributed by atoms with Gasteiger partial charge >= 0.3 is 5.97 Å². The maximum Gasteiger partial charge on any atom is 0.327 e. The number of carboxylic acids is 1. The Morgan fingerprint density at radius 2 is 1.63 bits per heavy atom. The molecule has 1 rings (SSSR count). The number of aliphatic carboxylic acids is 1. The molecule has 0 aliphatic rings. The third kappa shape index (κ3) is 8.92. The summed E-state index contributed by atoms with van der Waals surface area (Å²) in [6.07, 6.45) is -0.300. The first kappa shape index (κ1) is 24.9. The molecule has 1 aromatic carbocycles. The average Bonchev–Trinajstić information content (AvgIpc) is 2.69. The van der Waals surface area contributed by atoms with Gasteiger partial charge in [-0.1, -0.05) is 30.3 Å². The molecule has 3 unspecified atom stereocenters. The average molecular weight is 439 g/mol. The summed E-state index contributed by atoms with van der Waals surface area (Å²) in [4.78, 5) is 58.5. The Bertz CT molecular complexity index is 776. The molecule has 4 amide bonds. The minimum absolute atomic E-state index is 0.0950. The van der Waals surface area contributed by atoms with E-state index < -0.39 is 60.7 Å². The first-order valence-electron chi connectivity index (χ1n) is 8.93. The fraction of sp³-hybridized carbons (Fsp3) is 0.389. The van der Waals surface area contributed by atoms with Crippen LogP contribution in [0.15, 0.2) is 30.3 Å². The Kier molecular flexibility index (Phi) is 10.3. The number of carboxylic acid groups (broad SMARTS) is 1. The van der Waals surface area contributed by atoms with Gasteiger partial charge in [-0.2, -0.15) is 12.6 Å². The molecular weight excluding hydrogens is 414 g/mol. The largest absolute Gasteiger partial charge is 0.480 e. The van der Waals surface area contributed by atoms with Crippen molar-refractivity contribution in [3.05, 3.63) is 35.9 Å². The van der Waals surface area contributed by atoms with Crippen molar-refractivity contribution in [1.29, 1.82) is 0 Å². The molecule has 12 heteroatoms. The minimum atomic E-state index is -1.26. The maximum absolute atomic E-state index is 12.6. The van der Waals surface area contributed by atoms with Crippen LogP contribution in [0.4, 0.5) is 0 Å². The van der Waals surface area contributed by atoms with E-state index in [1.54, 1.807) is 30.3 Å². The molecule has 3 atom stereocenters. The molecule has 0 bridgehead atoms. The second-order valence-corrected chi connectivity index (χ2v) is 6.75. The molecule has 11 nitrogen and oxygen atoms in total. The van der Waals surface area contributed by atoms with Crippen molar-refractivity contribution in [3.63, 3.8) is 0 Å². The van der Waals surface area contributed by atoms with Gasteiger partial charge in [0.05, 0.1) is 19.0 Å². The van der Waals surface area contributed by atoms with Crippen molar-refractivity contribution in [1.82, 2.24) is 16.0 Å². The fourth-order valence-corrected chi connectivity index (χ4v) is 2.62. The van der Waals surface area contributed by atoms with Crippen LogP contribution in [-0.2, 0) is 30.4 Å². The predicted molar refractivity (Wildman–Crippen MR) is 110 cm³/mol. The van der Waals surface area contributed by atoms with Gasteiger partial charge in [0, 0.05) is 12.2 Å². The van der Waals surface area contributed by atoms with Crippen molar-refractivity contribution in [2.75, 3.05) is 12.3 Å². The van der Waals surface area contributed by atoms with Crippen molar-refractivity contribution < 1.29 is 29.1 Å². The zero-order valence-electron chi connectivity index (χ0n) is 16.0. The topological polar surface area (TPSA) is 194 Å². The van der Waals surface area contributed by atoms with Crippen LogP contribution in [0.2, 0.25) is 0 Å². The van der Waals surface area contributed by atoms with Crippen LogP contribution in [0.1, 0.15) is 12.0 Å². The molecule has 164 valence electrons. The Labute approximate surface area is 178 Å². The van der Waals surface area contributed by atoms with E-state index in [0.717, 1.165) is 5.56 Å². The molecule has 0 aliphatic carbocycles. The van der Waals surface area contributed by atoms with Gasteiger partial charge in [0.25, 0.3) is 0 Å². The summed E-state index contributed by atoms with van der Waals surface area (Å²) in [6, 6.07) is 5.24. The molecule has 8 N–H and O–H groups in total. The van der Waals surface area contributed by atoms with Crippen LogP contribution < -0.4 is 27.4 Å². The van der Waals surface area contributed by atoms with Crippen LogP contribution in [0.5, 0.6) is 0 Å². The Morgan fingerprint density at radius 1 is 1.00 bits per heavy atom. The summed E-state index contributed by atoms with van der Waals surface area (Å²) in [7, 11) is 0. The number of nitrogens with one attached hydrogen (secondary N) is 3. The Balaban J connectivity index is 2.78. The highest BCUT2D eigenvalue weighted by Gasteiger charge is 2.26. The summed E-state index contributed by atoms with van der Waals surface area (Å²) < 4.78 is 0. The highest BCUT2D eigenvalue weighted by molar-refractivity contribution is 7.80. The van der Waals surface area contributed by atoms with Crippen LogP contribution in [-0.4, -0.2) is 65.1 Å². The van der Waals surface area contributed by atoms with E-state index in [4.69, 9.17) is 16.6 Å². The molecule has 0 fully saturated rings. The molecule has 1 aromatic rings. The quantitative estimate of drug-likeness (QED) is 0.175. The number of hydrogen-bond acceptors (Lipinski definition) is 7. The van der Waals surface area contributed by atoms with E-state index in [9.17, 15) is 24.0 Å². The van der Waals surface area contributed by atoms with Crippen LogP contribution in [0.25, 0.3) is 0 Å². The molecule has 0 saturated carbocycles. The third-order valence-corrected chi connectivity index (χ3v) is 4.28. The number of amides is 4. The lowest BCUT2D eigenvalue weighted by molar-refractivity contribution is -0.141. The lowest BCUT2D eigenvalue weighted by atomic mass is 10.0. The molecule has 0 heterocycles. The van der Waals surface area contributed by atoms with E-state index >= 15 is 0 Å². The summed E-state index contributed by atoms with van der Waals surface area (Å²) >= 11 is 3.83. The van der Waals surface area contributed by atoms with Gasteiger partial charge in [-0.05, 0) is 5.56 Å². The lowest BCUT2D eigenvalue weighted by Crippen LogP contribution is -2.54. The van der Waals surface area contributed by atoms with E-state index in [2.05, 4.69) is 28.6 Å². The van der Waals surface area contributed by atoms with Gasteiger partial charge in [0.1, 0.15) is 12.1 Å². The van der Waals surface area contributed by atoms with Crippen molar-refractivity contribution in [3.8, 4) is 0 Å². The van der Waals surface area contributed by atoms with E-state index in [1.165, 1.54) is 0 Å². The molecule has 0 spiro atoms. The Morgan fingerprint density at radius 3 is 2.17 bits per heavy atom. The monoisotopic (exact) mass is 439 g/mol. The number of nitrogens with two attached hydrogens (primary N) is 2. The predicted octanol–water partition coefficient (Wildman–Crippen LogP) is -2.47. The van der Waals surface area contributed by atoms with Gasteiger partial charge in [0.15, 0.2) is 0 Å². The zero-order valence-corrected chi connectivity index (χ0v) is 16.9. The number of rotatable bonds is 12. The molecule has 0 aromatic heterocycles. The van der Waals surface area contributed by atoms with E-state index in [0.29, 0.717) is 0 Å². The highest BCUT2D eigenvalue weighted by Crippen LogP contribution is 2.04. The van der Waals surface area contributed by atoms with E-state index in [1.807, 2.05) is 0 Å². The summed E-state index contributed by atoms with van der Waals surface area (Å²) in [5.74, 6) is -4.33. The standard InChI is InChI=1S/C18H25N5O6S/c19-11(7-14(20)24)16(26)23-12(6-10-4-2-1-3-5-10)17(27)21-8-15(25)22-13(9-30)18(28)29/h1-5,11-13,30H,6-9,19H2,(H2,20,24)(H,21,27)(H,22,25)(H,23,26)(H,28,29). The summed E-state index contributed by atoms with van der Waals surface area (Å²) in [5, 5.41) is 15.9. The fourth-order valence-electron chi connectivity index (χ4n) is 2.37. The Hall–Kier alpha value is -3.12. The molecular formula is C18H25N5O6S. The number of primary amides is 1. The second-order valence-electron chi connectivity index (χ2n) is 6.39. The van der Waals surface area contributed by atoms with Gasteiger partial charge in [-0.15, -0.1) is 0 Å². The maximum atomic E-state index is 12.6. The summed E-state index contributed by atoms with van der Waals surface area (Å²) in [5.41, 5.74) is 11.4. The lowest BCUT2D eigenvalue weighted by Gasteiger charge is -2.21. The minimum Gasteiger partial charge on any atom is -0.480 e. The van der Waals surface area contributed by atoms with Gasteiger partial charge in [-0.25, -0.2) is 4.79 Å². The smallest absolute Gasteiger partial charge is 0.327 e. The highest BCUT2D eigenvalue weighted by atomic mass is 32.1. The van der Waals surface area contributed by atoms with Crippen LogP contribution >= 0.6 is 12.6 Å². The van der Waals surface area contributed by atoms with Gasteiger partial charge in [-0.3, -0.25) is 19.2 Å². The molecule has 30 heavy (non-hydrogen) atoms. The first-order chi connectivity index (χ1) is 14.1. The second kappa shape index (κ2) is 12.4. The summed E-state index contributed by atoms with van der Waals surface area (Å²) in [6.45, 7) is -0.509.